The minimum absolute atomic E-state index is 0.178. The number of nitrogens with two attached hydrogens (primary N) is 1. The SMILES string of the molecule is CCCCC(N)c1nc(-c2cnccc2C)no1. The Morgan fingerprint density at radius 2 is 2.28 bits per heavy atom. The monoisotopic (exact) mass is 246 g/mol. The summed E-state index contributed by atoms with van der Waals surface area (Å²) in [6, 6.07) is 1.74. The molecular formula is C13H18N4O. The van der Waals surface area contributed by atoms with E-state index in [4.69, 9.17) is 10.3 Å². The molecule has 2 rings (SSSR count). The average molecular weight is 246 g/mol. The van der Waals surface area contributed by atoms with E-state index in [-0.39, 0.29) is 6.04 Å². The Morgan fingerprint density at radius 3 is 3.00 bits per heavy atom. The van der Waals surface area contributed by atoms with Crippen molar-refractivity contribution in [2.45, 2.75) is 39.2 Å². The zero-order valence-electron chi connectivity index (χ0n) is 10.8. The molecule has 0 saturated carbocycles. The molecule has 2 N–H and O–H groups in total. The molecule has 5 heteroatoms. The van der Waals surface area contributed by atoms with Crippen molar-refractivity contribution >= 4 is 0 Å². The summed E-state index contributed by atoms with van der Waals surface area (Å²) in [7, 11) is 0. The van der Waals surface area contributed by atoms with Crippen LogP contribution in [0.2, 0.25) is 0 Å². The molecule has 0 spiro atoms. The molecule has 0 radical (unpaired) electrons. The normalized spacial score (nSPS) is 12.6. The molecule has 0 aliphatic heterocycles. The van der Waals surface area contributed by atoms with Gasteiger partial charge in [-0.1, -0.05) is 24.9 Å². The van der Waals surface area contributed by atoms with Gasteiger partial charge in [0.25, 0.3) is 0 Å². The van der Waals surface area contributed by atoms with E-state index in [1.54, 1.807) is 12.4 Å². The van der Waals surface area contributed by atoms with Crippen LogP contribution in [0.4, 0.5) is 0 Å². The first kappa shape index (κ1) is 12.7. The number of unbranched alkanes of at least 4 members (excludes halogenated alkanes) is 1. The van der Waals surface area contributed by atoms with Crippen LogP contribution in [0.5, 0.6) is 0 Å². The van der Waals surface area contributed by atoms with Crippen LogP contribution in [0.3, 0.4) is 0 Å². The fourth-order valence-corrected chi connectivity index (χ4v) is 1.74. The van der Waals surface area contributed by atoms with Gasteiger partial charge in [0.1, 0.15) is 0 Å². The zero-order valence-corrected chi connectivity index (χ0v) is 10.8. The smallest absolute Gasteiger partial charge is 0.243 e. The Hall–Kier alpha value is -1.75. The van der Waals surface area contributed by atoms with Crippen molar-refractivity contribution in [1.29, 1.82) is 0 Å². The lowest BCUT2D eigenvalue weighted by Crippen LogP contribution is -2.10. The molecule has 96 valence electrons. The van der Waals surface area contributed by atoms with Gasteiger partial charge in [0, 0.05) is 18.0 Å². The van der Waals surface area contributed by atoms with Crippen molar-refractivity contribution in [1.82, 2.24) is 15.1 Å². The first-order chi connectivity index (χ1) is 8.72. The third-order valence-electron chi connectivity index (χ3n) is 2.91. The molecule has 0 amide bonds. The van der Waals surface area contributed by atoms with E-state index in [1.165, 1.54) is 0 Å². The molecule has 2 heterocycles. The minimum atomic E-state index is -0.178. The number of rotatable bonds is 5. The number of nitrogens with zero attached hydrogens (tertiary/aromatic N) is 3. The quantitative estimate of drug-likeness (QED) is 0.877. The fraction of sp³-hybridized carbons (Fsp3) is 0.462. The van der Waals surface area contributed by atoms with Gasteiger partial charge < -0.3 is 10.3 Å². The van der Waals surface area contributed by atoms with Crippen LogP contribution in [-0.2, 0) is 0 Å². The van der Waals surface area contributed by atoms with E-state index in [2.05, 4.69) is 22.0 Å². The molecule has 18 heavy (non-hydrogen) atoms. The largest absolute Gasteiger partial charge is 0.337 e. The lowest BCUT2D eigenvalue weighted by Gasteiger charge is -2.03. The maximum absolute atomic E-state index is 6.00. The van der Waals surface area contributed by atoms with Crippen LogP contribution >= 0.6 is 0 Å². The Balaban J connectivity index is 2.18. The molecule has 2 aromatic rings. The highest BCUT2D eigenvalue weighted by molar-refractivity contribution is 5.57. The minimum Gasteiger partial charge on any atom is -0.337 e. The van der Waals surface area contributed by atoms with Gasteiger partial charge in [-0.3, -0.25) is 4.98 Å². The fourth-order valence-electron chi connectivity index (χ4n) is 1.74. The molecule has 0 saturated heterocycles. The summed E-state index contributed by atoms with van der Waals surface area (Å²) in [4.78, 5) is 8.42. The van der Waals surface area contributed by atoms with Gasteiger partial charge in [0.15, 0.2) is 0 Å². The van der Waals surface area contributed by atoms with Gasteiger partial charge in [0.2, 0.25) is 11.7 Å². The van der Waals surface area contributed by atoms with Crippen molar-refractivity contribution in [3.05, 3.63) is 29.9 Å². The number of aromatic nitrogens is 3. The van der Waals surface area contributed by atoms with E-state index in [0.717, 1.165) is 30.4 Å². The molecule has 2 aromatic heterocycles. The van der Waals surface area contributed by atoms with Crippen LogP contribution in [0.25, 0.3) is 11.4 Å². The topological polar surface area (TPSA) is 77.8 Å². The second-order valence-corrected chi connectivity index (χ2v) is 4.40. The van der Waals surface area contributed by atoms with Crippen molar-refractivity contribution in [2.24, 2.45) is 5.73 Å². The predicted octanol–water partition coefficient (Wildman–Crippen LogP) is 2.63. The first-order valence-electron chi connectivity index (χ1n) is 6.22. The lowest BCUT2D eigenvalue weighted by atomic mass is 10.1. The third-order valence-corrected chi connectivity index (χ3v) is 2.91. The number of pyridine rings is 1. The van der Waals surface area contributed by atoms with Crippen molar-refractivity contribution in [2.75, 3.05) is 0 Å². The molecule has 1 unspecified atom stereocenters. The molecular weight excluding hydrogens is 228 g/mol. The summed E-state index contributed by atoms with van der Waals surface area (Å²) < 4.78 is 5.22. The van der Waals surface area contributed by atoms with Crippen LogP contribution in [0.1, 0.15) is 43.7 Å². The second-order valence-electron chi connectivity index (χ2n) is 4.40. The van der Waals surface area contributed by atoms with Crippen molar-refractivity contribution < 1.29 is 4.52 Å². The summed E-state index contributed by atoms with van der Waals surface area (Å²) >= 11 is 0. The Morgan fingerprint density at radius 1 is 1.44 bits per heavy atom. The number of hydrogen-bond donors (Lipinski definition) is 1. The first-order valence-corrected chi connectivity index (χ1v) is 6.22. The summed E-state index contributed by atoms with van der Waals surface area (Å²) in [5.74, 6) is 1.06. The molecule has 0 bridgehead atoms. The Kier molecular flexibility index (Phi) is 4.04. The zero-order chi connectivity index (χ0) is 13.0. The number of aryl methyl sites for hydroxylation is 1. The van der Waals surface area contributed by atoms with Gasteiger partial charge >= 0.3 is 0 Å². The van der Waals surface area contributed by atoms with Crippen molar-refractivity contribution in [3.8, 4) is 11.4 Å². The Bertz CT molecular complexity index is 509. The summed E-state index contributed by atoms with van der Waals surface area (Å²) in [6.07, 6.45) is 6.51. The molecule has 5 nitrogen and oxygen atoms in total. The van der Waals surface area contributed by atoms with E-state index in [1.807, 2.05) is 13.0 Å². The van der Waals surface area contributed by atoms with Crippen LogP contribution in [0, 0.1) is 6.92 Å². The van der Waals surface area contributed by atoms with Gasteiger partial charge in [-0.05, 0) is 25.0 Å². The highest BCUT2D eigenvalue weighted by atomic mass is 16.5. The lowest BCUT2D eigenvalue weighted by molar-refractivity contribution is 0.346. The molecule has 1 atom stereocenters. The standard InChI is InChI=1S/C13H18N4O/c1-3-4-5-11(14)13-16-12(17-18-13)10-8-15-7-6-9(10)2/h6-8,11H,3-5,14H2,1-2H3. The molecule has 0 fully saturated rings. The van der Waals surface area contributed by atoms with E-state index in [0.29, 0.717) is 11.7 Å². The van der Waals surface area contributed by atoms with Crippen molar-refractivity contribution in [3.63, 3.8) is 0 Å². The summed E-state index contributed by atoms with van der Waals surface area (Å²) in [5.41, 5.74) is 7.95. The van der Waals surface area contributed by atoms with Gasteiger partial charge in [-0.15, -0.1) is 0 Å². The van der Waals surface area contributed by atoms with E-state index < -0.39 is 0 Å². The maximum atomic E-state index is 6.00. The van der Waals surface area contributed by atoms with Crippen LogP contribution < -0.4 is 5.73 Å². The average Bonchev–Trinajstić information content (AvgIpc) is 2.86. The highest BCUT2D eigenvalue weighted by Crippen LogP contribution is 2.22. The van der Waals surface area contributed by atoms with Gasteiger partial charge in [-0.2, -0.15) is 4.98 Å². The molecule has 0 aliphatic carbocycles. The summed E-state index contributed by atoms with van der Waals surface area (Å²) in [6.45, 7) is 4.12. The van der Waals surface area contributed by atoms with Gasteiger partial charge in [0.05, 0.1) is 6.04 Å². The van der Waals surface area contributed by atoms with Crippen LogP contribution in [-0.4, -0.2) is 15.1 Å². The molecule has 0 aliphatic rings. The summed E-state index contributed by atoms with van der Waals surface area (Å²) in [5, 5.41) is 3.97. The second kappa shape index (κ2) is 5.73. The number of hydrogen-bond acceptors (Lipinski definition) is 5. The third kappa shape index (κ3) is 2.73. The molecule has 0 aromatic carbocycles. The van der Waals surface area contributed by atoms with E-state index in [9.17, 15) is 0 Å². The predicted molar refractivity (Wildman–Crippen MR) is 68.7 cm³/mol. The van der Waals surface area contributed by atoms with Crippen LogP contribution in [0.15, 0.2) is 23.0 Å². The highest BCUT2D eigenvalue weighted by Gasteiger charge is 2.16. The Labute approximate surface area is 106 Å². The maximum Gasteiger partial charge on any atom is 0.243 e. The van der Waals surface area contributed by atoms with E-state index >= 15 is 0 Å². The van der Waals surface area contributed by atoms with Gasteiger partial charge in [-0.25, -0.2) is 0 Å².